The van der Waals surface area contributed by atoms with Crippen molar-refractivity contribution in [2.45, 2.75) is 33.1 Å². The lowest BCUT2D eigenvalue weighted by Crippen LogP contribution is -2.25. The summed E-state index contributed by atoms with van der Waals surface area (Å²) in [6.45, 7) is 6.74. The highest BCUT2D eigenvalue weighted by atomic mass is 16.5. The Kier molecular flexibility index (Phi) is 5.76. The van der Waals surface area contributed by atoms with Crippen molar-refractivity contribution < 1.29 is 4.74 Å². The Morgan fingerprint density at radius 2 is 1.69 bits per heavy atom. The molecule has 16 heavy (non-hydrogen) atoms. The van der Waals surface area contributed by atoms with Crippen molar-refractivity contribution in [2.24, 2.45) is 0 Å². The number of anilines is 1. The summed E-state index contributed by atoms with van der Waals surface area (Å²) in [5.74, 6) is 0.927. The first-order valence-electron chi connectivity index (χ1n) is 6.20. The molecule has 0 saturated heterocycles. The van der Waals surface area contributed by atoms with Crippen LogP contribution in [0.4, 0.5) is 5.69 Å². The van der Waals surface area contributed by atoms with Crippen LogP contribution in [-0.2, 0) is 0 Å². The van der Waals surface area contributed by atoms with Gasteiger partial charge < -0.3 is 9.64 Å². The van der Waals surface area contributed by atoms with E-state index in [1.807, 2.05) is 12.1 Å². The monoisotopic (exact) mass is 221 g/mol. The van der Waals surface area contributed by atoms with E-state index in [-0.39, 0.29) is 0 Å². The van der Waals surface area contributed by atoms with Crippen molar-refractivity contribution in [3.05, 3.63) is 24.3 Å². The first kappa shape index (κ1) is 12.9. The lowest BCUT2D eigenvalue weighted by Gasteiger charge is -2.24. The minimum Gasteiger partial charge on any atom is -0.497 e. The molecule has 2 nitrogen and oxygen atoms in total. The molecule has 0 fully saturated rings. The SMILES string of the molecule is CCCCN(CCC)c1ccc(OC)cc1. The highest BCUT2D eigenvalue weighted by Gasteiger charge is 2.04. The third-order valence-corrected chi connectivity index (χ3v) is 2.71. The van der Waals surface area contributed by atoms with Crippen LogP contribution in [0.2, 0.25) is 0 Å². The summed E-state index contributed by atoms with van der Waals surface area (Å²) in [4.78, 5) is 2.45. The van der Waals surface area contributed by atoms with Crippen LogP contribution in [0.3, 0.4) is 0 Å². The first-order valence-corrected chi connectivity index (χ1v) is 6.20. The molecular formula is C14H23NO. The number of hydrogen-bond donors (Lipinski definition) is 0. The van der Waals surface area contributed by atoms with Gasteiger partial charge in [0, 0.05) is 18.8 Å². The molecule has 0 aliphatic heterocycles. The summed E-state index contributed by atoms with van der Waals surface area (Å²) in [7, 11) is 1.70. The average Bonchev–Trinajstić information content (AvgIpc) is 2.35. The van der Waals surface area contributed by atoms with Crippen LogP contribution in [0.1, 0.15) is 33.1 Å². The second-order valence-electron chi connectivity index (χ2n) is 4.04. The number of ether oxygens (including phenoxy) is 1. The molecule has 0 aliphatic rings. The fourth-order valence-corrected chi connectivity index (χ4v) is 1.78. The lowest BCUT2D eigenvalue weighted by atomic mass is 10.2. The lowest BCUT2D eigenvalue weighted by molar-refractivity contribution is 0.415. The van der Waals surface area contributed by atoms with E-state index in [4.69, 9.17) is 4.74 Å². The maximum absolute atomic E-state index is 5.17. The van der Waals surface area contributed by atoms with Crippen molar-refractivity contribution >= 4 is 5.69 Å². The average molecular weight is 221 g/mol. The molecule has 1 aromatic rings. The highest BCUT2D eigenvalue weighted by Crippen LogP contribution is 2.19. The Balaban J connectivity index is 2.67. The van der Waals surface area contributed by atoms with E-state index in [1.165, 1.54) is 24.9 Å². The fraction of sp³-hybridized carbons (Fsp3) is 0.571. The second kappa shape index (κ2) is 7.15. The van der Waals surface area contributed by atoms with E-state index in [2.05, 4.69) is 30.9 Å². The number of hydrogen-bond acceptors (Lipinski definition) is 2. The largest absolute Gasteiger partial charge is 0.497 e. The molecule has 0 radical (unpaired) electrons. The summed E-state index contributed by atoms with van der Waals surface area (Å²) in [6, 6.07) is 8.35. The molecule has 0 heterocycles. The van der Waals surface area contributed by atoms with E-state index in [0.717, 1.165) is 18.8 Å². The number of nitrogens with zero attached hydrogens (tertiary/aromatic N) is 1. The molecule has 1 aromatic carbocycles. The third kappa shape index (κ3) is 3.76. The van der Waals surface area contributed by atoms with Gasteiger partial charge in [-0.3, -0.25) is 0 Å². The number of benzene rings is 1. The zero-order valence-electron chi connectivity index (χ0n) is 10.7. The van der Waals surface area contributed by atoms with E-state index < -0.39 is 0 Å². The maximum atomic E-state index is 5.17. The third-order valence-electron chi connectivity index (χ3n) is 2.71. The van der Waals surface area contributed by atoms with Gasteiger partial charge >= 0.3 is 0 Å². The Morgan fingerprint density at radius 1 is 1.00 bits per heavy atom. The van der Waals surface area contributed by atoms with Gasteiger partial charge in [0.25, 0.3) is 0 Å². The molecular weight excluding hydrogens is 198 g/mol. The molecule has 0 spiro atoms. The van der Waals surface area contributed by atoms with Crippen LogP contribution >= 0.6 is 0 Å². The Labute approximate surface area is 99.2 Å². The molecule has 0 aromatic heterocycles. The molecule has 2 heteroatoms. The molecule has 90 valence electrons. The van der Waals surface area contributed by atoms with E-state index >= 15 is 0 Å². The topological polar surface area (TPSA) is 12.5 Å². The highest BCUT2D eigenvalue weighted by molar-refractivity contribution is 5.48. The van der Waals surface area contributed by atoms with E-state index in [9.17, 15) is 0 Å². The van der Waals surface area contributed by atoms with Crippen molar-refractivity contribution in [3.63, 3.8) is 0 Å². The van der Waals surface area contributed by atoms with Crippen LogP contribution in [0, 0.1) is 0 Å². The minimum atomic E-state index is 0.927. The summed E-state index contributed by atoms with van der Waals surface area (Å²) < 4.78 is 5.17. The van der Waals surface area contributed by atoms with Gasteiger partial charge in [-0.1, -0.05) is 20.3 Å². The zero-order valence-corrected chi connectivity index (χ0v) is 10.7. The predicted molar refractivity (Wildman–Crippen MR) is 70.4 cm³/mol. The predicted octanol–water partition coefficient (Wildman–Crippen LogP) is 3.71. The molecule has 0 aliphatic carbocycles. The van der Waals surface area contributed by atoms with E-state index in [0.29, 0.717) is 0 Å². The Hall–Kier alpha value is -1.18. The molecule has 0 saturated carbocycles. The molecule has 0 amide bonds. The van der Waals surface area contributed by atoms with Crippen LogP contribution in [0.5, 0.6) is 5.75 Å². The normalized spacial score (nSPS) is 10.2. The van der Waals surface area contributed by atoms with Crippen molar-refractivity contribution in [2.75, 3.05) is 25.1 Å². The van der Waals surface area contributed by atoms with Crippen LogP contribution in [-0.4, -0.2) is 20.2 Å². The number of unbranched alkanes of at least 4 members (excludes halogenated alkanes) is 1. The molecule has 0 N–H and O–H groups in total. The molecule has 1 rings (SSSR count). The number of methoxy groups -OCH3 is 1. The van der Waals surface area contributed by atoms with Gasteiger partial charge in [0.15, 0.2) is 0 Å². The molecule has 0 unspecified atom stereocenters. The maximum Gasteiger partial charge on any atom is 0.119 e. The van der Waals surface area contributed by atoms with Crippen LogP contribution in [0.25, 0.3) is 0 Å². The van der Waals surface area contributed by atoms with Crippen molar-refractivity contribution in [1.82, 2.24) is 0 Å². The Bertz CT molecular complexity index is 281. The van der Waals surface area contributed by atoms with Crippen molar-refractivity contribution in [3.8, 4) is 5.75 Å². The van der Waals surface area contributed by atoms with Gasteiger partial charge in [0.1, 0.15) is 5.75 Å². The Morgan fingerprint density at radius 3 is 2.19 bits per heavy atom. The summed E-state index contributed by atoms with van der Waals surface area (Å²) >= 11 is 0. The van der Waals surface area contributed by atoms with Crippen LogP contribution < -0.4 is 9.64 Å². The number of rotatable bonds is 7. The van der Waals surface area contributed by atoms with Gasteiger partial charge in [-0.15, -0.1) is 0 Å². The fourth-order valence-electron chi connectivity index (χ4n) is 1.78. The van der Waals surface area contributed by atoms with Gasteiger partial charge in [-0.25, -0.2) is 0 Å². The summed E-state index contributed by atoms with van der Waals surface area (Å²) in [5.41, 5.74) is 1.30. The first-order chi connectivity index (χ1) is 7.81. The molecule has 0 bridgehead atoms. The van der Waals surface area contributed by atoms with Gasteiger partial charge in [-0.2, -0.15) is 0 Å². The molecule has 0 atom stereocenters. The second-order valence-corrected chi connectivity index (χ2v) is 4.04. The van der Waals surface area contributed by atoms with Crippen molar-refractivity contribution in [1.29, 1.82) is 0 Å². The summed E-state index contributed by atoms with van der Waals surface area (Å²) in [6.07, 6.45) is 3.69. The van der Waals surface area contributed by atoms with Crippen LogP contribution in [0.15, 0.2) is 24.3 Å². The quantitative estimate of drug-likeness (QED) is 0.696. The standard InChI is InChI=1S/C14H23NO/c1-4-6-12-15(11-5-2)13-7-9-14(16-3)10-8-13/h7-10H,4-6,11-12H2,1-3H3. The zero-order chi connectivity index (χ0) is 11.8. The van der Waals surface area contributed by atoms with Gasteiger partial charge in [-0.05, 0) is 37.1 Å². The minimum absolute atomic E-state index is 0.927. The summed E-state index contributed by atoms with van der Waals surface area (Å²) in [5, 5.41) is 0. The van der Waals surface area contributed by atoms with E-state index in [1.54, 1.807) is 7.11 Å². The smallest absolute Gasteiger partial charge is 0.119 e. The van der Waals surface area contributed by atoms with Gasteiger partial charge in [0.2, 0.25) is 0 Å². The van der Waals surface area contributed by atoms with Gasteiger partial charge in [0.05, 0.1) is 7.11 Å².